The Morgan fingerprint density at radius 2 is 1.76 bits per heavy atom. The molecule has 2 aromatic heterocycles. The number of anilines is 2. The molecule has 0 aliphatic carbocycles. The number of aromatic nitrogens is 1. The maximum Gasteiger partial charge on any atom is 0.306 e. The summed E-state index contributed by atoms with van der Waals surface area (Å²) >= 11 is 0. The molecule has 0 spiro atoms. The third kappa shape index (κ3) is 6.18. The number of pyridine rings is 1. The lowest BCUT2D eigenvalue weighted by atomic mass is 9.91. The molecule has 0 bridgehead atoms. The van der Waals surface area contributed by atoms with E-state index in [4.69, 9.17) is 18.9 Å². The number of ether oxygens (including phenoxy) is 2. The highest BCUT2D eigenvalue weighted by Crippen LogP contribution is 2.39. The van der Waals surface area contributed by atoms with Crippen LogP contribution in [0, 0.1) is 0 Å². The van der Waals surface area contributed by atoms with E-state index in [2.05, 4.69) is 9.80 Å². The minimum Gasteiger partial charge on any atom is -0.502 e. The molecule has 220 valence electrons. The highest BCUT2D eigenvalue weighted by atomic mass is 16.5. The highest BCUT2D eigenvalue weighted by molar-refractivity contribution is 5.83. The van der Waals surface area contributed by atoms with Crippen molar-refractivity contribution < 1.29 is 23.8 Å². The second-order valence-electron chi connectivity index (χ2n) is 10.6. The summed E-state index contributed by atoms with van der Waals surface area (Å²) in [4.78, 5) is 36.8. The Bertz CT molecular complexity index is 1610. The molecule has 2 aromatic carbocycles. The number of fused-ring (bicyclic) bond motifs is 1. The molecule has 10 nitrogen and oxygen atoms in total. The fourth-order valence-electron chi connectivity index (χ4n) is 5.38. The average Bonchev–Trinajstić information content (AvgIpc) is 3.01. The first kappa shape index (κ1) is 28.9. The normalized spacial score (nSPS) is 14.5. The summed E-state index contributed by atoms with van der Waals surface area (Å²) in [6, 6.07) is 18.9. The first-order chi connectivity index (χ1) is 20.3. The van der Waals surface area contributed by atoms with E-state index >= 15 is 0 Å². The van der Waals surface area contributed by atoms with Crippen LogP contribution in [0.2, 0.25) is 0 Å². The molecule has 1 aliphatic rings. The van der Waals surface area contributed by atoms with Crippen LogP contribution < -0.4 is 20.0 Å². The van der Waals surface area contributed by atoms with Crippen molar-refractivity contribution in [2.75, 3.05) is 64.3 Å². The van der Waals surface area contributed by atoms with Crippen LogP contribution in [-0.4, -0.2) is 75.5 Å². The number of nitrogens with zero attached hydrogens (tertiary/aromatic N) is 4. The van der Waals surface area contributed by atoms with Gasteiger partial charge in [-0.1, -0.05) is 18.2 Å². The van der Waals surface area contributed by atoms with E-state index in [0.29, 0.717) is 23.7 Å². The quantitative estimate of drug-likeness (QED) is 0.296. The van der Waals surface area contributed by atoms with Gasteiger partial charge in [0.25, 0.3) is 0 Å². The number of carbonyl (C=O) groups excluding carboxylic acids is 1. The molecule has 3 heterocycles. The third-order valence-electron chi connectivity index (χ3n) is 7.64. The topological polar surface area (TPSA) is 109 Å². The van der Waals surface area contributed by atoms with Crippen LogP contribution >= 0.6 is 0 Å². The molecule has 0 radical (unpaired) electrons. The zero-order chi connectivity index (χ0) is 29.8. The van der Waals surface area contributed by atoms with E-state index in [1.807, 2.05) is 73.6 Å². The number of carbonyl (C=O) groups is 1. The van der Waals surface area contributed by atoms with Crippen LogP contribution in [0.3, 0.4) is 0 Å². The molecule has 0 unspecified atom stereocenters. The van der Waals surface area contributed by atoms with Gasteiger partial charge in [0, 0.05) is 63.0 Å². The van der Waals surface area contributed by atoms with Gasteiger partial charge in [-0.15, -0.1) is 0 Å². The van der Waals surface area contributed by atoms with Crippen molar-refractivity contribution in [1.82, 2.24) is 9.88 Å². The van der Waals surface area contributed by atoms with Crippen LogP contribution in [0.15, 0.2) is 69.9 Å². The smallest absolute Gasteiger partial charge is 0.306 e. The zero-order valence-electron chi connectivity index (χ0n) is 24.4. The van der Waals surface area contributed by atoms with Crippen molar-refractivity contribution in [2.45, 2.75) is 18.9 Å². The molecule has 1 saturated heterocycles. The predicted octanol–water partition coefficient (Wildman–Crippen LogP) is 3.99. The number of hydrogen-bond donors (Lipinski definition) is 1. The number of esters is 1. The Hall–Kier alpha value is -4.57. The van der Waals surface area contributed by atoms with E-state index in [9.17, 15) is 14.7 Å². The molecule has 1 N–H and O–H groups in total. The van der Waals surface area contributed by atoms with E-state index in [0.717, 1.165) is 48.5 Å². The number of hydrogen-bond acceptors (Lipinski definition) is 10. The standard InChI is InChI=1S/C32H36N4O6/c1-34(2)32-26(17-21-7-5-6-8-27(21)33-32)25(19-29(38)41-4)31-30(39)28(37)18-24(42-31)20-35-13-15-36(16-14-35)22-9-11-23(40-3)12-10-22/h5-12,17-18,25,39H,13-16,19-20H2,1-4H3/t25-/m1/s1. The van der Waals surface area contributed by atoms with Gasteiger partial charge in [-0.25, -0.2) is 4.98 Å². The summed E-state index contributed by atoms with van der Waals surface area (Å²) in [5.74, 6) is 0.0462. The Balaban J connectivity index is 1.45. The predicted molar refractivity (Wildman–Crippen MR) is 162 cm³/mol. The Morgan fingerprint density at radius 3 is 2.43 bits per heavy atom. The zero-order valence-corrected chi connectivity index (χ0v) is 24.4. The van der Waals surface area contributed by atoms with Crippen molar-refractivity contribution in [2.24, 2.45) is 0 Å². The van der Waals surface area contributed by atoms with Gasteiger partial charge in [-0.2, -0.15) is 0 Å². The number of benzene rings is 2. The van der Waals surface area contributed by atoms with Crippen molar-refractivity contribution in [3.8, 4) is 11.5 Å². The van der Waals surface area contributed by atoms with Gasteiger partial charge < -0.3 is 28.8 Å². The largest absolute Gasteiger partial charge is 0.502 e. The van der Waals surface area contributed by atoms with Gasteiger partial charge in [0.2, 0.25) is 11.2 Å². The molecular formula is C32H36N4O6. The maximum atomic E-state index is 13.0. The van der Waals surface area contributed by atoms with Crippen LogP contribution in [0.4, 0.5) is 11.5 Å². The van der Waals surface area contributed by atoms with Crippen molar-refractivity contribution in [1.29, 1.82) is 0 Å². The Kier molecular flexibility index (Phi) is 8.63. The monoisotopic (exact) mass is 572 g/mol. The highest BCUT2D eigenvalue weighted by Gasteiger charge is 2.30. The molecule has 5 rings (SSSR count). The lowest BCUT2D eigenvalue weighted by Gasteiger charge is -2.36. The van der Waals surface area contributed by atoms with E-state index in [-0.39, 0.29) is 12.2 Å². The Morgan fingerprint density at radius 1 is 1.05 bits per heavy atom. The lowest BCUT2D eigenvalue weighted by molar-refractivity contribution is -0.140. The second kappa shape index (κ2) is 12.5. The average molecular weight is 573 g/mol. The number of piperazine rings is 1. The van der Waals surface area contributed by atoms with Crippen LogP contribution in [-0.2, 0) is 16.1 Å². The number of para-hydroxylation sites is 1. The van der Waals surface area contributed by atoms with Crippen LogP contribution in [0.1, 0.15) is 29.4 Å². The van der Waals surface area contributed by atoms with E-state index < -0.39 is 23.1 Å². The molecule has 10 heteroatoms. The third-order valence-corrected chi connectivity index (χ3v) is 7.64. The summed E-state index contributed by atoms with van der Waals surface area (Å²) in [5.41, 5.74) is 2.00. The molecule has 42 heavy (non-hydrogen) atoms. The summed E-state index contributed by atoms with van der Waals surface area (Å²) in [7, 11) is 6.67. The molecule has 1 atom stereocenters. The molecule has 0 amide bonds. The molecular weight excluding hydrogens is 536 g/mol. The first-order valence-electron chi connectivity index (χ1n) is 13.9. The second-order valence-corrected chi connectivity index (χ2v) is 10.6. The summed E-state index contributed by atoms with van der Waals surface area (Å²) < 4.78 is 16.5. The molecule has 1 aliphatic heterocycles. The van der Waals surface area contributed by atoms with E-state index in [1.54, 1.807) is 7.11 Å². The van der Waals surface area contributed by atoms with Gasteiger partial charge >= 0.3 is 5.97 Å². The summed E-state index contributed by atoms with van der Waals surface area (Å²) in [6.45, 7) is 3.52. The van der Waals surface area contributed by atoms with Crippen LogP contribution in [0.5, 0.6) is 11.5 Å². The molecule has 1 fully saturated rings. The van der Waals surface area contributed by atoms with Gasteiger partial charge in [-0.05, 0) is 36.4 Å². The first-order valence-corrected chi connectivity index (χ1v) is 13.9. The molecule has 4 aromatic rings. The fourth-order valence-corrected chi connectivity index (χ4v) is 5.38. The Labute approximate surface area is 244 Å². The maximum absolute atomic E-state index is 13.0. The van der Waals surface area contributed by atoms with Crippen molar-refractivity contribution in [3.05, 3.63) is 88.0 Å². The summed E-state index contributed by atoms with van der Waals surface area (Å²) in [6.07, 6.45) is -0.141. The number of methoxy groups -OCH3 is 2. The van der Waals surface area contributed by atoms with Crippen LogP contribution in [0.25, 0.3) is 10.9 Å². The van der Waals surface area contributed by atoms with E-state index in [1.165, 1.54) is 13.2 Å². The van der Waals surface area contributed by atoms with Gasteiger partial charge in [0.15, 0.2) is 5.76 Å². The van der Waals surface area contributed by atoms with Gasteiger partial charge in [-0.3, -0.25) is 14.5 Å². The number of rotatable bonds is 9. The van der Waals surface area contributed by atoms with Crippen molar-refractivity contribution >= 4 is 28.4 Å². The van der Waals surface area contributed by atoms with Gasteiger partial charge in [0.1, 0.15) is 17.3 Å². The minimum absolute atomic E-state index is 0.0277. The minimum atomic E-state index is -0.800. The fraction of sp³-hybridized carbons (Fsp3) is 0.344. The lowest BCUT2D eigenvalue weighted by Crippen LogP contribution is -2.46. The SMILES string of the molecule is COC(=O)C[C@H](c1cc2ccccc2nc1N(C)C)c1oc(CN2CCN(c3ccc(OC)cc3)CC2)cc(=O)c1O. The number of aromatic hydroxyl groups is 1. The molecule has 0 saturated carbocycles. The van der Waals surface area contributed by atoms with Crippen molar-refractivity contribution in [3.63, 3.8) is 0 Å². The summed E-state index contributed by atoms with van der Waals surface area (Å²) in [5, 5.41) is 11.8. The van der Waals surface area contributed by atoms with Gasteiger partial charge in [0.05, 0.1) is 38.6 Å².